The number of anilines is 1. The predicted octanol–water partition coefficient (Wildman–Crippen LogP) is 4.40. The number of fused-ring (bicyclic) bond motifs is 1. The molecule has 1 aromatic heterocycles. The molecule has 2 fully saturated rings. The van der Waals surface area contributed by atoms with Crippen molar-refractivity contribution in [2.75, 3.05) is 31.1 Å². The largest absolute Gasteiger partial charge is 0.353 e. The summed E-state index contributed by atoms with van der Waals surface area (Å²) in [4.78, 5) is 22.4. The highest BCUT2D eigenvalue weighted by atomic mass is 32.1. The van der Waals surface area contributed by atoms with E-state index in [1.165, 1.54) is 17.0 Å². The summed E-state index contributed by atoms with van der Waals surface area (Å²) in [5.41, 5.74) is 1.89. The zero-order valence-corrected chi connectivity index (χ0v) is 20.1. The zero-order chi connectivity index (χ0) is 23.7. The van der Waals surface area contributed by atoms with Gasteiger partial charge < -0.3 is 10.2 Å². The highest BCUT2D eigenvalue weighted by Crippen LogP contribution is 2.37. The topological polar surface area (TPSA) is 48.5 Å². The Labute approximate surface area is 202 Å². The monoisotopic (exact) mass is 492 g/mol. The molecule has 1 amide bonds. The van der Waals surface area contributed by atoms with Crippen molar-refractivity contribution >= 4 is 22.4 Å². The molecule has 2 aromatic rings. The normalized spacial score (nSPS) is 24.4. The number of aromatic nitrogens is 1. The summed E-state index contributed by atoms with van der Waals surface area (Å²) in [5, 5.41) is 3.89. The fraction of sp³-hybridized carbons (Fsp3) is 0.600. The van der Waals surface area contributed by atoms with E-state index in [4.69, 9.17) is 0 Å². The van der Waals surface area contributed by atoms with Crippen LogP contribution in [-0.2, 0) is 24.2 Å². The van der Waals surface area contributed by atoms with Gasteiger partial charge in [0.25, 0.3) is 5.92 Å². The van der Waals surface area contributed by atoms with Crippen LogP contribution in [0.4, 0.5) is 18.3 Å². The lowest BCUT2D eigenvalue weighted by Gasteiger charge is -2.38. The van der Waals surface area contributed by atoms with E-state index in [9.17, 15) is 18.0 Å². The van der Waals surface area contributed by atoms with Gasteiger partial charge in [-0.1, -0.05) is 12.1 Å². The van der Waals surface area contributed by atoms with E-state index >= 15 is 0 Å². The molecule has 1 saturated carbocycles. The van der Waals surface area contributed by atoms with Gasteiger partial charge in [0.1, 0.15) is 5.82 Å². The standard InChI is InChI=1S/C25H31F3N4OS/c26-19-5-1-18(2-6-19)13-23(33)29-20-7-3-17(4-8-20)9-11-31-12-10-22-21(14-31)30-24(34-22)32-15-25(27,28)16-32/h1-2,5-6,17,20H,3-4,7-16H2,(H,29,33). The first-order valence-electron chi connectivity index (χ1n) is 12.2. The number of carbonyl (C=O) groups is 1. The summed E-state index contributed by atoms with van der Waals surface area (Å²) in [6.07, 6.45) is 6.61. The number of benzene rings is 1. The average Bonchev–Trinajstić information content (AvgIpc) is 3.21. The molecule has 184 valence electrons. The van der Waals surface area contributed by atoms with Crippen LogP contribution < -0.4 is 10.2 Å². The molecular weight excluding hydrogens is 461 g/mol. The summed E-state index contributed by atoms with van der Waals surface area (Å²) in [6.45, 7) is 2.42. The molecule has 0 atom stereocenters. The van der Waals surface area contributed by atoms with Gasteiger partial charge in [-0.3, -0.25) is 9.69 Å². The summed E-state index contributed by atoms with van der Waals surface area (Å²) in [5.74, 6) is -2.18. The molecule has 1 saturated heterocycles. The zero-order valence-electron chi connectivity index (χ0n) is 19.2. The maximum absolute atomic E-state index is 13.2. The smallest absolute Gasteiger partial charge is 0.282 e. The molecule has 3 heterocycles. The molecule has 0 bridgehead atoms. The second kappa shape index (κ2) is 9.85. The number of amides is 1. The van der Waals surface area contributed by atoms with Crippen LogP contribution in [0.2, 0.25) is 0 Å². The Balaban J connectivity index is 1.01. The highest BCUT2D eigenvalue weighted by molar-refractivity contribution is 7.15. The third-order valence-corrected chi connectivity index (χ3v) is 8.47. The number of rotatable bonds is 7. The molecule has 0 spiro atoms. The van der Waals surface area contributed by atoms with E-state index < -0.39 is 5.92 Å². The van der Waals surface area contributed by atoms with Gasteiger partial charge in [0.2, 0.25) is 5.91 Å². The lowest BCUT2D eigenvalue weighted by Crippen LogP contribution is -2.56. The average molecular weight is 493 g/mol. The Hall–Kier alpha value is -2.13. The van der Waals surface area contributed by atoms with E-state index in [-0.39, 0.29) is 37.3 Å². The van der Waals surface area contributed by atoms with E-state index in [1.807, 2.05) is 0 Å². The Morgan fingerprint density at radius 1 is 1.15 bits per heavy atom. The quantitative estimate of drug-likeness (QED) is 0.622. The van der Waals surface area contributed by atoms with Crippen molar-refractivity contribution in [3.05, 3.63) is 46.2 Å². The summed E-state index contributed by atoms with van der Waals surface area (Å²) < 4.78 is 39.4. The van der Waals surface area contributed by atoms with Gasteiger partial charge in [-0.2, -0.15) is 0 Å². The Morgan fingerprint density at radius 2 is 1.88 bits per heavy atom. The molecule has 1 aromatic carbocycles. The Kier molecular flexibility index (Phi) is 6.84. The third-order valence-electron chi connectivity index (χ3n) is 7.25. The summed E-state index contributed by atoms with van der Waals surface area (Å²) >= 11 is 1.58. The SMILES string of the molecule is O=C(Cc1ccc(F)cc1)NC1CCC(CCN2CCc3sc(N4CC(F)(F)C4)nc3C2)CC1. The Bertz CT molecular complexity index is 996. The van der Waals surface area contributed by atoms with Gasteiger partial charge in [0, 0.05) is 24.0 Å². The number of carbonyl (C=O) groups excluding carboxylic acids is 1. The van der Waals surface area contributed by atoms with Crippen LogP contribution in [-0.4, -0.2) is 53.9 Å². The number of thiazole rings is 1. The van der Waals surface area contributed by atoms with Gasteiger partial charge in [-0.25, -0.2) is 18.2 Å². The van der Waals surface area contributed by atoms with Crippen LogP contribution in [0.1, 0.15) is 48.2 Å². The number of alkyl halides is 2. The van der Waals surface area contributed by atoms with E-state index in [0.717, 1.165) is 74.5 Å². The van der Waals surface area contributed by atoms with Crippen molar-refractivity contribution in [2.45, 2.75) is 63.5 Å². The minimum absolute atomic E-state index is 0.00348. The first kappa shape index (κ1) is 23.6. The van der Waals surface area contributed by atoms with Crippen molar-refractivity contribution in [2.24, 2.45) is 5.92 Å². The maximum atomic E-state index is 13.2. The van der Waals surface area contributed by atoms with Gasteiger partial charge in [-0.05, 0) is 68.7 Å². The van der Waals surface area contributed by atoms with Crippen molar-refractivity contribution in [1.82, 2.24) is 15.2 Å². The van der Waals surface area contributed by atoms with E-state index in [1.54, 1.807) is 28.4 Å². The fourth-order valence-corrected chi connectivity index (χ4v) is 6.30. The van der Waals surface area contributed by atoms with Crippen LogP contribution >= 0.6 is 11.3 Å². The van der Waals surface area contributed by atoms with E-state index in [0.29, 0.717) is 5.92 Å². The molecule has 34 heavy (non-hydrogen) atoms. The van der Waals surface area contributed by atoms with Crippen molar-refractivity contribution < 1.29 is 18.0 Å². The second-order valence-electron chi connectivity index (χ2n) is 9.98. The number of hydrogen-bond donors (Lipinski definition) is 1. The highest BCUT2D eigenvalue weighted by Gasteiger charge is 2.45. The number of halogens is 3. The lowest BCUT2D eigenvalue weighted by molar-refractivity contribution is -0.121. The van der Waals surface area contributed by atoms with Crippen LogP contribution in [0.5, 0.6) is 0 Å². The van der Waals surface area contributed by atoms with Gasteiger partial charge in [0.15, 0.2) is 5.13 Å². The van der Waals surface area contributed by atoms with Gasteiger partial charge in [-0.15, -0.1) is 11.3 Å². The van der Waals surface area contributed by atoms with Crippen molar-refractivity contribution in [1.29, 1.82) is 0 Å². The predicted molar refractivity (Wildman–Crippen MR) is 127 cm³/mol. The molecule has 0 unspecified atom stereocenters. The maximum Gasteiger partial charge on any atom is 0.282 e. The summed E-state index contributed by atoms with van der Waals surface area (Å²) in [7, 11) is 0. The first-order chi connectivity index (χ1) is 16.3. The van der Waals surface area contributed by atoms with Gasteiger partial charge >= 0.3 is 0 Å². The molecular formula is C25H31F3N4OS. The molecule has 1 N–H and O–H groups in total. The van der Waals surface area contributed by atoms with E-state index in [2.05, 4.69) is 15.2 Å². The molecule has 9 heteroatoms. The van der Waals surface area contributed by atoms with Crippen LogP contribution in [0.25, 0.3) is 0 Å². The molecule has 2 aliphatic heterocycles. The minimum atomic E-state index is -2.57. The summed E-state index contributed by atoms with van der Waals surface area (Å²) in [6, 6.07) is 6.32. The van der Waals surface area contributed by atoms with Crippen molar-refractivity contribution in [3.8, 4) is 0 Å². The molecule has 5 nitrogen and oxygen atoms in total. The number of nitrogens with zero attached hydrogens (tertiary/aromatic N) is 3. The number of nitrogens with one attached hydrogen (secondary N) is 1. The van der Waals surface area contributed by atoms with Crippen LogP contribution in [0, 0.1) is 11.7 Å². The molecule has 0 radical (unpaired) electrons. The molecule has 5 rings (SSSR count). The molecule has 3 aliphatic rings. The van der Waals surface area contributed by atoms with Crippen LogP contribution in [0.3, 0.4) is 0 Å². The van der Waals surface area contributed by atoms with Crippen molar-refractivity contribution in [3.63, 3.8) is 0 Å². The second-order valence-corrected chi connectivity index (χ2v) is 11.0. The molecule has 1 aliphatic carbocycles. The fourth-order valence-electron chi connectivity index (χ4n) is 5.24. The van der Waals surface area contributed by atoms with Crippen LogP contribution in [0.15, 0.2) is 24.3 Å². The van der Waals surface area contributed by atoms with Gasteiger partial charge in [0.05, 0.1) is 25.2 Å². The Morgan fingerprint density at radius 3 is 2.59 bits per heavy atom. The lowest BCUT2D eigenvalue weighted by atomic mass is 9.84. The number of hydrogen-bond acceptors (Lipinski definition) is 5. The first-order valence-corrected chi connectivity index (χ1v) is 13.0. The minimum Gasteiger partial charge on any atom is -0.353 e. The third kappa shape index (κ3) is 5.74.